The van der Waals surface area contributed by atoms with E-state index in [9.17, 15) is 14.4 Å². The van der Waals surface area contributed by atoms with Gasteiger partial charge in [-0.3, -0.25) is 14.4 Å². The van der Waals surface area contributed by atoms with Gasteiger partial charge in [0.05, 0.1) is 0 Å². The zero-order valence-electron chi connectivity index (χ0n) is 45.4. The molecule has 0 saturated carbocycles. The third-order valence-corrected chi connectivity index (χ3v) is 13.1. The second kappa shape index (κ2) is 57.0. The number of carbonyl (C=O) groups is 3. The lowest BCUT2D eigenvalue weighted by molar-refractivity contribution is -0.167. The SMILES string of the molecule is CC/C=C\C/C=C\C/C=C\CCCCCC(=O)OC(COC(=O)CCCCCCC/C=C\CCCCC)COC(=O)CCCCCCCCCCCCCCCCCCCCCCCCCCC. The quantitative estimate of drug-likeness (QED) is 0.0262. The summed E-state index contributed by atoms with van der Waals surface area (Å²) < 4.78 is 16.8. The predicted molar refractivity (Wildman–Crippen MR) is 293 cm³/mol. The van der Waals surface area contributed by atoms with E-state index in [-0.39, 0.29) is 31.1 Å². The molecule has 1 atom stereocenters. The molecule has 0 aliphatic heterocycles. The highest BCUT2D eigenvalue weighted by Crippen LogP contribution is 2.17. The van der Waals surface area contributed by atoms with E-state index in [1.54, 1.807) is 0 Å². The van der Waals surface area contributed by atoms with Gasteiger partial charge in [0.2, 0.25) is 0 Å². The molecule has 0 aliphatic rings. The van der Waals surface area contributed by atoms with Crippen molar-refractivity contribution in [3.63, 3.8) is 0 Å². The normalized spacial score (nSPS) is 12.3. The van der Waals surface area contributed by atoms with Gasteiger partial charge in [0, 0.05) is 19.3 Å². The molecule has 0 aromatic rings. The first-order valence-corrected chi connectivity index (χ1v) is 29.6. The van der Waals surface area contributed by atoms with Crippen LogP contribution in [0.3, 0.4) is 0 Å². The fraction of sp³-hybridized carbons (Fsp3) is 0.823. The van der Waals surface area contributed by atoms with Crippen LogP contribution in [0, 0.1) is 0 Å². The Hall–Kier alpha value is -2.63. The Balaban J connectivity index is 4.20. The summed E-state index contributed by atoms with van der Waals surface area (Å²) in [5, 5.41) is 0. The van der Waals surface area contributed by atoms with Crippen molar-refractivity contribution in [2.75, 3.05) is 13.2 Å². The number of unbranched alkanes of at least 4 members (excludes halogenated alkanes) is 35. The van der Waals surface area contributed by atoms with Crippen molar-refractivity contribution in [3.8, 4) is 0 Å². The van der Waals surface area contributed by atoms with Crippen LogP contribution in [-0.4, -0.2) is 37.2 Å². The number of esters is 3. The molecular weight excluding hydrogens is 841 g/mol. The van der Waals surface area contributed by atoms with Crippen molar-refractivity contribution >= 4 is 17.9 Å². The van der Waals surface area contributed by atoms with E-state index in [0.29, 0.717) is 19.3 Å². The zero-order chi connectivity index (χ0) is 49.3. The van der Waals surface area contributed by atoms with Crippen molar-refractivity contribution in [2.45, 2.75) is 316 Å². The van der Waals surface area contributed by atoms with E-state index >= 15 is 0 Å². The Morgan fingerprint density at radius 2 is 0.574 bits per heavy atom. The van der Waals surface area contributed by atoms with Gasteiger partial charge >= 0.3 is 17.9 Å². The number of carbonyl (C=O) groups excluding carboxylic acids is 3. The highest BCUT2D eigenvalue weighted by molar-refractivity contribution is 5.71. The Kier molecular flexibility index (Phi) is 54.8. The van der Waals surface area contributed by atoms with Crippen molar-refractivity contribution in [1.29, 1.82) is 0 Å². The lowest BCUT2D eigenvalue weighted by atomic mass is 10.0. The topological polar surface area (TPSA) is 78.9 Å². The largest absolute Gasteiger partial charge is 0.462 e. The van der Waals surface area contributed by atoms with Gasteiger partial charge in [0.15, 0.2) is 6.10 Å². The summed E-state index contributed by atoms with van der Waals surface area (Å²) in [6.07, 6.45) is 69.9. The molecule has 0 fully saturated rings. The summed E-state index contributed by atoms with van der Waals surface area (Å²) in [5.41, 5.74) is 0. The van der Waals surface area contributed by atoms with Crippen molar-refractivity contribution in [3.05, 3.63) is 48.6 Å². The summed E-state index contributed by atoms with van der Waals surface area (Å²) in [6.45, 7) is 6.50. The molecule has 0 N–H and O–H groups in total. The van der Waals surface area contributed by atoms with E-state index in [1.165, 1.54) is 180 Å². The molecule has 0 saturated heterocycles. The van der Waals surface area contributed by atoms with Crippen LogP contribution in [0.1, 0.15) is 310 Å². The van der Waals surface area contributed by atoms with E-state index < -0.39 is 6.10 Å². The van der Waals surface area contributed by atoms with Crippen molar-refractivity contribution in [2.24, 2.45) is 0 Å². The van der Waals surface area contributed by atoms with Gasteiger partial charge in [-0.05, 0) is 77.0 Å². The number of rotatable bonds is 54. The third-order valence-electron chi connectivity index (χ3n) is 13.1. The maximum absolute atomic E-state index is 12.8. The van der Waals surface area contributed by atoms with E-state index in [1.807, 2.05) is 0 Å². The molecule has 0 bridgehead atoms. The smallest absolute Gasteiger partial charge is 0.306 e. The monoisotopic (exact) mass is 953 g/mol. The predicted octanol–water partition coefficient (Wildman–Crippen LogP) is 19.8. The molecule has 396 valence electrons. The van der Waals surface area contributed by atoms with Crippen LogP contribution in [0.2, 0.25) is 0 Å². The lowest BCUT2D eigenvalue weighted by Gasteiger charge is -2.18. The summed E-state index contributed by atoms with van der Waals surface area (Å²) in [4.78, 5) is 38.1. The zero-order valence-corrected chi connectivity index (χ0v) is 45.4. The molecule has 0 aromatic carbocycles. The minimum atomic E-state index is -0.789. The maximum atomic E-state index is 12.8. The van der Waals surface area contributed by atoms with Gasteiger partial charge in [-0.2, -0.15) is 0 Å². The minimum absolute atomic E-state index is 0.0848. The summed E-state index contributed by atoms with van der Waals surface area (Å²) in [6, 6.07) is 0. The molecule has 0 aromatic heterocycles. The van der Waals surface area contributed by atoms with Crippen LogP contribution in [0.25, 0.3) is 0 Å². The van der Waals surface area contributed by atoms with Gasteiger partial charge in [-0.25, -0.2) is 0 Å². The average molecular weight is 954 g/mol. The minimum Gasteiger partial charge on any atom is -0.462 e. The summed E-state index contributed by atoms with van der Waals surface area (Å²) in [7, 11) is 0. The molecule has 0 aliphatic carbocycles. The molecule has 0 amide bonds. The maximum Gasteiger partial charge on any atom is 0.306 e. The molecule has 0 radical (unpaired) electrons. The van der Waals surface area contributed by atoms with Crippen LogP contribution in [0.15, 0.2) is 48.6 Å². The van der Waals surface area contributed by atoms with Crippen LogP contribution < -0.4 is 0 Å². The van der Waals surface area contributed by atoms with E-state index in [0.717, 1.165) is 89.9 Å². The fourth-order valence-electron chi connectivity index (χ4n) is 8.63. The third kappa shape index (κ3) is 54.3. The summed E-state index contributed by atoms with van der Waals surface area (Å²) >= 11 is 0. The first kappa shape index (κ1) is 65.4. The molecule has 6 heteroatoms. The van der Waals surface area contributed by atoms with Gasteiger partial charge in [-0.1, -0.05) is 262 Å². The second-order valence-corrected chi connectivity index (χ2v) is 19.9. The Morgan fingerprint density at radius 3 is 0.956 bits per heavy atom. The fourth-order valence-corrected chi connectivity index (χ4v) is 8.63. The van der Waals surface area contributed by atoms with Gasteiger partial charge in [0.1, 0.15) is 13.2 Å². The molecule has 0 spiro atoms. The molecule has 68 heavy (non-hydrogen) atoms. The van der Waals surface area contributed by atoms with Gasteiger partial charge in [0.25, 0.3) is 0 Å². The first-order chi connectivity index (χ1) is 33.5. The van der Waals surface area contributed by atoms with Crippen molar-refractivity contribution in [1.82, 2.24) is 0 Å². The highest BCUT2D eigenvalue weighted by atomic mass is 16.6. The first-order valence-electron chi connectivity index (χ1n) is 29.6. The van der Waals surface area contributed by atoms with Gasteiger partial charge < -0.3 is 14.2 Å². The Bertz CT molecular complexity index is 1190. The molecular formula is C62H112O6. The number of ether oxygens (including phenoxy) is 3. The van der Waals surface area contributed by atoms with Crippen LogP contribution >= 0.6 is 0 Å². The lowest BCUT2D eigenvalue weighted by Crippen LogP contribution is -2.30. The van der Waals surface area contributed by atoms with Crippen LogP contribution in [0.4, 0.5) is 0 Å². The number of allylic oxidation sites excluding steroid dienone is 8. The second-order valence-electron chi connectivity index (χ2n) is 19.9. The number of hydrogen-bond donors (Lipinski definition) is 0. The standard InChI is InChI=1S/C62H112O6/c1-4-7-10-13-16-19-22-25-26-27-28-29-30-31-32-33-34-35-36-38-40-43-46-49-52-55-61(64)67-58-59(57-66-60(63)54-51-48-45-42-39-24-21-18-15-12-9-6-3)68-62(65)56-53-50-47-44-41-37-23-20-17-14-11-8-5-2/h8,11,17-18,20-21,37,41,59H,4-7,9-10,12-16,19,22-36,38-40,42-58H2,1-3H3/b11-8-,20-17-,21-18-,41-37-. The molecule has 1 unspecified atom stereocenters. The van der Waals surface area contributed by atoms with Gasteiger partial charge in [-0.15, -0.1) is 0 Å². The molecule has 6 nitrogen and oxygen atoms in total. The Morgan fingerprint density at radius 1 is 0.309 bits per heavy atom. The molecule has 0 heterocycles. The number of hydrogen-bond acceptors (Lipinski definition) is 6. The van der Waals surface area contributed by atoms with E-state index in [4.69, 9.17) is 14.2 Å². The highest BCUT2D eigenvalue weighted by Gasteiger charge is 2.19. The van der Waals surface area contributed by atoms with Crippen molar-refractivity contribution < 1.29 is 28.6 Å². The van der Waals surface area contributed by atoms with Crippen LogP contribution in [0.5, 0.6) is 0 Å². The molecule has 0 rings (SSSR count). The Labute approximate surface area is 422 Å². The van der Waals surface area contributed by atoms with E-state index in [2.05, 4.69) is 69.4 Å². The summed E-state index contributed by atoms with van der Waals surface area (Å²) in [5.74, 6) is -0.911. The average Bonchev–Trinajstić information content (AvgIpc) is 3.34. The van der Waals surface area contributed by atoms with Crippen LogP contribution in [-0.2, 0) is 28.6 Å².